The third-order valence-electron chi connectivity index (χ3n) is 5.75. The maximum atomic E-state index is 13.0. The van der Waals surface area contributed by atoms with Crippen molar-refractivity contribution in [2.45, 2.75) is 20.0 Å². The van der Waals surface area contributed by atoms with Crippen LogP contribution >= 0.6 is 11.5 Å². The summed E-state index contributed by atoms with van der Waals surface area (Å²) in [6.45, 7) is 7.69. The SMILES string of the molecule is CCN1CCN(C(=O)c2ccc(NC(=O)c3c(C)nsc3Nc3cncc(C(F)(F)F)n3)cc2)CC1. The highest BCUT2D eigenvalue weighted by Gasteiger charge is 2.33. The first-order chi connectivity index (χ1) is 17.2. The first kappa shape index (κ1) is 25.5. The first-order valence-corrected chi connectivity index (χ1v) is 12.0. The van der Waals surface area contributed by atoms with E-state index in [1.54, 1.807) is 31.2 Å². The number of halogens is 3. The maximum absolute atomic E-state index is 13.0. The molecule has 2 aromatic heterocycles. The van der Waals surface area contributed by atoms with Crippen molar-refractivity contribution in [1.29, 1.82) is 0 Å². The second-order valence-electron chi connectivity index (χ2n) is 8.14. The molecule has 36 heavy (non-hydrogen) atoms. The lowest BCUT2D eigenvalue weighted by atomic mass is 10.1. The van der Waals surface area contributed by atoms with E-state index in [2.05, 4.69) is 36.8 Å². The Morgan fingerprint density at radius 2 is 1.78 bits per heavy atom. The van der Waals surface area contributed by atoms with E-state index in [4.69, 9.17) is 0 Å². The predicted molar refractivity (Wildman–Crippen MR) is 130 cm³/mol. The Balaban J connectivity index is 1.43. The molecule has 3 heterocycles. The van der Waals surface area contributed by atoms with Crippen LogP contribution in [0.25, 0.3) is 0 Å². The molecule has 0 spiro atoms. The summed E-state index contributed by atoms with van der Waals surface area (Å²) >= 11 is 0.923. The van der Waals surface area contributed by atoms with E-state index in [0.29, 0.717) is 36.2 Å². The van der Waals surface area contributed by atoms with Crippen molar-refractivity contribution in [2.24, 2.45) is 0 Å². The molecular formula is C23H24F3N7O2S. The van der Waals surface area contributed by atoms with Gasteiger partial charge in [-0.15, -0.1) is 0 Å². The molecule has 0 saturated carbocycles. The van der Waals surface area contributed by atoms with Gasteiger partial charge in [0.25, 0.3) is 11.8 Å². The van der Waals surface area contributed by atoms with Crippen LogP contribution in [-0.4, -0.2) is 68.7 Å². The van der Waals surface area contributed by atoms with E-state index in [0.717, 1.165) is 37.4 Å². The van der Waals surface area contributed by atoms with Gasteiger partial charge in [-0.3, -0.25) is 14.6 Å². The van der Waals surface area contributed by atoms with Gasteiger partial charge in [-0.2, -0.15) is 17.5 Å². The number of likely N-dealkylation sites (N-methyl/N-ethyl adjacent to an activating group) is 1. The quantitative estimate of drug-likeness (QED) is 0.507. The highest BCUT2D eigenvalue weighted by Crippen LogP contribution is 2.31. The van der Waals surface area contributed by atoms with Crippen LogP contribution < -0.4 is 10.6 Å². The molecule has 0 radical (unpaired) electrons. The molecular weight excluding hydrogens is 495 g/mol. The summed E-state index contributed by atoms with van der Waals surface area (Å²) in [7, 11) is 0. The number of carbonyl (C=O) groups is 2. The number of aromatic nitrogens is 3. The number of carbonyl (C=O) groups excluding carboxylic acids is 2. The molecule has 0 aliphatic carbocycles. The Kier molecular flexibility index (Phi) is 7.50. The van der Waals surface area contributed by atoms with Crippen LogP contribution in [0.3, 0.4) is 0 Å². The molecule has 13 heteroatoms. The summed E-state index contributed by atoms with van der Waals surface area (Å²) in [5, 5.41) is 5.69. The average molecular weight is 520 g/mol. The number of nitrogens with one attached hydrogen (secondary N) is 2. The topological polar surface area (TPSA) is 103 Å². The third kappa shape index (κ3) is 5.79. The van der Waals surface area contributed by atoms with Crippen LogP contribution in [-0.2, 0) is 6.18 Å². The van der Waals surface area contributed by atoms with Gasteiger partial charge in [0.15, 0.2) is 5.69 Å². The smallest absolute Gasteiger partial charge is 0.336 e. The van der Waals surface area contributed by atoms with Crippen molar-refractivity contribution in [2.75, 3.05) is 43.4 Å². The number of rotatable bonds is 6. The van der Waals surface area contributed by atoms with Gasteiger partial charge in [0, 0.05) is 37.4 Å². The number of anilines is 3. The molecule has 2 amide bonds. The highest BCUT2D eigenvalue weighted by molar-refractivity contribution is 7.10. The molecule has 0 atom stereocenters. The maximum Gasteiger partial charge on any atom is 0.434 e. The zero-order valence-electron chi connectivity index (χ0n) is 19.6. The molecule has 1 aliphatic rings. The van der Waals surface area contributed by atoms with Gasteiger partial charge in [0.2, 0.25) is 0 Å². The summed E-state index contributed by atoms with van der Waals surface area (Å²) < 4.78 is 43.0. The van der Waals surface area contributed by atoms with Crippen molar-refractivity contribution in [1.82, 2.24) is 24.1 Å². The summed E-state index contributed by atoms with van der Waals surface area (Å²) in [5.74, 6) is -0.723. The van der Waals surface area contributed by atoms with Gasteiger partial charge in [-0.25, -0.2) is 4.98 Å². The third-order valence-corrected chi connectivity index (χ3v) is 6.61. The second-order valence-corrected chi connectivity index (χ2v) is 8.92. The van der Waals surface area contributed by atoms with E-state index >= 15 is 0 Å². The molecule has 1 fully saturated rings. The molecule has 2 N–H and O–H groups in total. The lowest BCUT2D eigenvalue weighted by Crippen LogP contribution is -2.48. The van der Waals surface area contributed by atoms with Crippen molar-refractivity contribution >= 4 is 39.9 Å². The number of hydrogen-bond donors (Lipinski definition) is 2. The van der Waals surface area contributed by atoms with E-state index in [-0.39, 0.29) is 22.3 Å². The Hall–Kier alpha value is -3.58. The molecule has 4 rings (SSSR count). The summed E-state index contributed by atoms with van der Waals surface area (Å²) in [4.78, 5) is 36.9. The van der Waals surface area contributed by atoms with Crippen molar-refractivity contribution in [3.05, 3.63) is 59.2 Å². The van der Waals surface area contributed by atoms with Crippen LogP contribution in [0, 0.1) is 6.92 Å². The molecule has 0 unspecified atom stereocenters. The summed E-state index contributed by atoms with van der Waals surface area (Å²) in [6, 6.07) is 6.57. The standard InChI is InChI=1S/C23H24F3N7O2S/c1-3-32-8-10-33(11-9-32)22(35)15-4-6-16(7-5-15)28-20(34)19-14(2)31-36-21(19)30-18-13-27-12-17(29-18)23(24,25)26/h4-7,12-13H,3,8-11H2,1-2H3,(H,28,34)(H,29,30). The molecule has 1 aromatic carbocycles. The van der Waals surface area contributed by atoms with Crippen LogP contribution in [0.15, 0.2) is 36.7 Å². The molecule has 190 valence electrons. The van der Waals surface area contributed by atoms with E-state index in [9.17, 15) is 22.8 Å². The first-order valence-electron chi connectivity index (χ1n) is 11.2. The normalized spacial score (nSPS) is 14.5. The Morgan fingerprint density at radius 1 is 1.08 bits per heavy atom. The molecule has 0 bridgehead atoms. The van der Waals surface area contributed by atoms with E-state index in [1.807, 2.05) is 4.90 Å². The number of alkyl halides is 3. The second kappa shape index (κ2) is 10.6. The Morgan fingerprint density at radius 3 is 2.42 bits per heavy atom. The number of hydrogen-bond acceptors (Lipinski definition) is 8. The largest absolute Gasteiger partial charge is 0.434 e. The minimum atomic E-state index is -4.65. The summed E-state index contributed by atoms with van der Waals surface area (Å²) in [5.41, 5.74) is 0.410. The van der Waals surface area contributed by atoms with Crippen LogP contribution in [0.4, 0.5) is 29.7 Å². The number of aryl methyl sites for hydroxylation is 1. The molecule has 1 aliphatic heterocycles. The predicted octanol–water partition coefficient (Wildman–Crippen LogP) is 4.03. The number of piperazine rings is 1. The highest BCUT2D eigenvalue weighted by atomic mass is 32.1. The van der Waals surface area contributed by atoms with Crippen LogP contribution in [0.2, 0.25) is 0 Å². The molecule has 3 aromatic rings. The van der Waals surface area contributed by atoms with Gasteiger partial charge in [0.05, 0.1) is 23.7 Å². The number of nitrogens with zero attached hydrogens (tertiary/aromatic N) is 5. The van der Waals surface area contributed by atoms with Gasteiger partial charge < -0.3 is 20.4 Å². The molecule has 1 saturated heterocycles. The fourth-order valence-corrected chi connectivity index (χ4v) is 4.54. The average Bonchev–Trinajstić information content (AvgIpc) is 3.23. The van der Waals surface area contributed by atoms with Crippen LogP contribution in [0.5, 0.6) is 0 Å². The zero-order chi connectivity index (χ0) is 25.9. The van der Waals surface area contributed by atoms with Gasteiger partial charge in [-0.05, 0) is 49.3 Å². The fourth-order valence-electron chi connectivity index (χ4n) is 3.74. The van der Waals surface area contributed by atoms with Gasteiger partial charge in [-0.1, -0.05) is 6.92 Å². The number of benzene rings is 1. The zero-order valence-corrected chi connectivity index (χ0v) is 20.4. The minimum absolute atomic E-state index is 0.0600. The van der Waals surface area contributed by atoms with Crippen molar-refractivity contribution in [3.63, 3.8) is 0 Å². The van der Waals surface area contributed by atoms with E-state index in [1.165, 1.54) is 0 Å². The summed E-state index contributed by atoms with van der Waals surface area (Å²) in [6.07, 6.45) is -2.90. The molecule has 9 nitrogen and oxygen atoms in total. The minimum Gasteiger partial charge on any atom is -0.336 e. The van der Waals surface area contributed by atoms with E-state index < -0.39 is 17.8 Å². The fraction of sp³-hybridized carbons (Fsp3) is 0.348. The van der Waals surface area contributed by atoms with Gasteiger partial charge >= 0.3 is 6.18 Å². The lowest BCUT2D eigenvalue weighted by molar-refractivity contribution is -0.141. The van der Waals surface area contributed by atoms with Gasteiger partial charge in [0.1, 0.15) is 10.8 Å². The number of amides is 2. The Bertz CT molecular complexity index is 1240. The van der Waals surface area contributed by atoms with Crippen molar-refractivity contribution < 1.29 is 22.8 Å². The monoisotopic (exact) mass is 519 g/mol. The van der Waals surface area contributed by atoms with Crippen LogP contribution in [0.1, 0.15) is 39.0 Å². The lowest BCUT2D eigenvalue weighted by Gasteiger charge is -2.34. The Labute approximate surface area is 209 Å². The van der Waals surface area contributed by atoms with Crippen molar-refractivity contribution in [3.8, 4) is 0 Å².